The highest BCUT2D eigenvalue weighted by molar-refractivity contribution is 6.21. The van der Waals surface area contributed by atoms with E-state index in [0.717, 1.165) is 21.5 Å². The van der Waals surface area contributed by atoms with Gasteiger partial charge in [0.1, 0.15) is 12.2 Å². The summed E-state index contributed by atoms with van der Waals surface area (Å²) in [6.07, 6.45) is 1.46. The first-order valence-electron chi connectivity index (χ1n) is 8.16. The molecule has 1 N–H and O–H groups in total. The Morgan fingerprint density at radius 1 is 1.15 bits per heavy atom. The summed E-state index contributed by atoms with van der Waals surface area (Å²) < 4.78 is 0. The van der Waals surface area contributed by atoms with Crippen molar-refractivity contribution in [1.29, 1.82) is 0 Å². The maximum absolute atomic E-state index is 12.5. The fourth-order valence-electron chi connectivity index (χ4n) is 3.08. The fourth-order valence-corrected chi connectivity index (χ4v) is 3.08. The van der Waals surface area contributed by atoms with E-state index in [-0.39, 0.29) is 23.7 Å². The summed E-state index contributed by atoms with van der Waals surface area (Å²) in [5.41, 5.74) is 2.22. The molecule has 1 aromatic carbocycles. The van der Waals surface area contributed by atoms with Crippen molar-refractivity contribution in [2.24, 2.45) is 0 Å². The van der Waals surface area contributed by atoms with E-state index in [1.165, 1.54) is 11.1 Å². The molecule has 4 rings (SSSR count). The van der Waals surface area contributed by atoms with Crippen molar-refractivity contribution in [3.8, 4) is 0 Å². The summed E-state index contributed by atoms with van der Waals surface area (Å²) in [6.45, 7) is 0.0552. The van der Waals surface area contributed by atoms with Gasteiger partial charge in [0.25, 0.3) is 11.8 Å². The normalized spacial score (nSPS) is 13.3. The summed E-state index contributed by atoms with van der Waals surface area (Å²) >= 11 is 0. The first-order valence-corrected chi connectivity index (χ1v) is 8.16. The van der Waals surface area contributed by atoms with Crippen LogP contribution in [0.3, 0.4) is 0 Å². The fraction of sp³-hybridized carbons (Fsp3) is 0.158. The number of hydrogen-bond acceptors (Lipinski definition) is 4. The molecule has 26 heavy (non-hydrogen) atoms. The van der Waals surface area contributed by atoms with Crippen LogP contribution in [-0.2, 0) is 11.3 Å². The standard InChI is InChI=1S/C19H16N4O3/c1-22(10-13-9-12-5-2-3-7-15(12)21-13)16(24)11-23-18(25)14-6-4-8-20-17(14)19(23)26/h2-9,21H,10-11H2,1H3. The first kappa shape index (κ1) is 16.0. The van der Waals surface area contributed by atoms with Crippen LogP contribution in [0.4, 0.5) is 0 Å². The van der Waals surface area contributed by atoms with E-state index in [4.69, 9.17) is 0 Å². The van der Waals surface area contributed by atoms with Crippen LogP contribution >= 0.6 is 0 Å². The second-order valence-electron chi connectivity index (χ2n) is 6.23. The number of aromatic nitrogens is 2. The van der Waals surface area contributed by atoms with Crippen LogP contribution in [-0.4, -0.2) is 51.1 Å². The second-order valence-corrected chi connectivity index (χ2v) is 6.23. The third kappa shape index (κ3) is 2.63. The Hall–Kier alpha value is -3.48. The third-order valence-electron chi connectivity index (χ3n) is 4.44. The van der Waals surface area contributed by atoms with Gasteiger partial charge in [-0.15, -0.1) is 0 Å². The lowest BCUT2D eigenvalue weighted by Gasteiger charge is -2.20. The third-order valence-corrected chi connectivity index (χ3v) is 4.44. The SMILES string of the molecule is CN(Cc1cc2ccccc2[nH]1)C(=O)CN1C(=O)c2cccnc2C1=O. The molecule has 1 aliphatic rings. The summed E-state index contributed by atoms with van der Waals surface area (Å²) in [5, 5.41) is 1.06. The van der Waals surface area contributed by atoms with Crippen molar-refractivity contribution in [3.05, 3.63) is 65.6 Å². The van der Waals surface area contributed by atoms with E-state index >= 15 is 0 Å². The van der Waals surface area contributed by atoms with E-state index < -0.39 is 11.8 Å². The monoisotopic (exact) mass is 348 g/mol. The molecule has 3 amide bonds. The summed E-state index contributed by atoms with van der Waals surface area (Å²) in [4.78, 5) is 46.8. The molecule has 0 bridgehead atoms. The number of amides is 3. The quantitative estimate of drug-likeness (QED) is 0.729. The molecule has 0 unspecified atom stereocenters. The summed E-state index contributed by atoms with van der Waals surface area (Å²) in [6, 6.07) is 13.0. The van der Waals surface area contributed by atoms with E-state index in [9.17, 15) is 14.4 Å². The van der Waals surface area contributed by atoms with Crippen LogP contribution in [0.15, 0.2) is 48.7 Å². The average Bonchev–Trinajstić information content (AvgIpc) is 3.16. The number of H-pyrrole nitrogens is 1. The Morgan fingerprint density at radius 2 is 1.96 bits per heavy atom. The van der Waals surface area contributed by atoms with E-state index in [1.807, 2.05) is 30.3 Å². The molecular formula is C19H16N4O3. The lowest BCUT2D eigenvalue weighted by molar-refractivity contribution is -0.130. The van der Waals surface area contributed by atoms with Gasteiger partial charge in [-0.05, 0) is 29.7 Å². The lowest BCUT2D eigenvalue weighted by Crippen LogP contribution is -2.41. The number of hydrogen-bond donors (Lipinski definition) is 1. The number of carbonyl (C=O) groups is 3. The number of rotatable bonds is 4. The number of nitrogens with zero attached hydrogens (tertiary/aromatic N) is 3. The zero-order valence-electron chi connectivity index (χ0n) is 14.1. The number of likely N-dealkylation sites (N-methyl/N-ethyl adjacent to an activating group) is 1. The highest BCUT2D eigenvalue weighted by Gasteiger charge is 2.38. The van der Waals surface area contributed by atoms with Gasteiger partial charge in [0.15, 0.2) is 0 Å². The van der Waals surface area contributed by atoms with Crippen molar-refractivity contribution < 1.29 is 14.4 Å². The van der Waals surface area contributed by atoms with E-state index in [1.54, 1.807) is 19.2 Å². The zero-order valence-corrected chi connectivity index (χ0v) is 14.1. The van der Waals surface area contributed by atoms with Crippen LogP contribution < -0.4 is 0 Å². The van der Waals surface area contributed by atoms with Gasteiger partial charge in [-0.1, -0.05) is 18.2 Å². The van der Waals surface area contributed by atoms with E-state index in [2.05, 4.69) is 9.97 Å². The molecule has 0 saturated heterocycles. The predicted octanol–water partition coefficient (Wildman–Crippen LogP) is 1.82. The number of benzene rings is 1. The number of carbonyl (C=O) groups excluding carboxylic acids is 3. The Bertz CT molecular complexity index is 972. The minimum Gasteiger partial charge on any atom is -0.357 e. The number of fused-ring (bicyclic) bond motifs is 2. The molecule has 130 valence electrons. The Balaban J connectivity index is 1.46. The number of nitrogens with one attached hydrogen (secondary N) is 1. The summed E-state index contributed by atoms with van der Waals surface area (Å²) in [7, 11) is 1.64. The zero-order chi connectivity index (χ0) is 18.3. The molecule has 0 atom stereocenters. The molecule has 2 aromatic heterocycles. The molecule has 7 heteroatoms. The first-order chi connectivity index (χ1) is 12.5. The van der Waals surface area contributed by atoms with E-state index in [0.29, 0.717) is 6.54 Å². The minimum absolute atomic E-state index is 0.101. The molecule has 3 heterocycles. The Morgan fingerprint density at radius 3 is 2.73 bits per heavy atom. The topological polar surface area (TPSA) is 86.4 Å². The van der Waals surface area contributed by atoms with Crippen LogP contribution in [0, 0.1) is 0 Å². The maximum atomic E-state index is 12.5. The lowest BCUT2D eigenvalue weighted by atomic mass is 10.2. The van der Waals surface area contributed by atoms with Crippen molar-refractivity contribution in [3.63, 3.8) is 0 Å². The molecular weight excluding hydrogens is 332 g/mol. The number of para-hydroxylation sites is 1. The van der Waals surface area contributed by atoms with Crippen molar-refractivity contribution in [1.82, 2.24) is 19.8 Å². The molecule has 0 fully saturated rings. The van der Waals surface area contributed by atoms with Crippen molar-refractivity contribution in [2.75, 3.05) is 13.6 Å². The van der Waals surface area contributed by atoms with Gasteiger partial charge >= 0.3 is 0 Å². The maximum Gasteiger partial charge on any atom is 0.280 e. The second kappa shape index (κ2) is 6.11. The van der Waals surface area contributed by atoms with Crippen LogP contribution in [0.1, 0.15) is 26.5 Å². The van der Waals surface area contributed by atoms with Crippen LogP contribution in [0.25, 0.3) is 10.9 Å². The Kier molecular flexibility index (Phi) is 3.76. The molecule has 1 aliphatic heterocycles. The number of pyridine rings is 1. The number of aromatic amines is 1. The largest absolute Gasteiger partial charge is 0.357 e. The Labute approximate surface area is 149 Å². The molecule has 0 radical (unpaired) electrons. The van der Waals surface area contributed by atoms with Crippen LogP contribution in [0.5, 0.6) is 0 Å². The molecule has 0 spiro atoms. The van der Waals surface area contributed by atoms with Gasteiger partial charge in [-0.25, -0.2) is 0 Å². The van der Waals surface area contributed by atoms with Gasteiger partial charge in [0.05, 0.1) is 12.1 Å². The van der Waals surface area contributed by atoms with Gasteiger partial charge in [0, 0.05) is 24.5 Å². The van der Waals surface area contributed by atoms with Gasteiger partial charge in [0.2, 0.25) is 5.91 Å². The van der Waals surface area contributed by atoms with Gasteiger partial charge < -0.3 is 9.88 Å². The highest BCUT2D eigenvalue weighted by Crippen LogP contribution is 2.20. The van der Waals surface area contributed by atoms with Crippen molar-refractivity contribution >= 4 is 28.6 Å². The number of imide groups is 1. The molecule has 0 saturated carbocycles. The van der Waals surface area contributed by atoms with Gasteiger partial charge in [-0.3, -0.25) is 24.3 Å². The van der Waals surface area contributed by atoms with Crippen molar-refractivity contribution in [2.45, 2.75) is 6.54 Å². The minimum atomic E-state index is -0.530. The highest BCUT2D eigenvalue weighted by atomic mass is 16.2. The summed E-state index contributed by atoms with van der Waals surface area (Å²) in [5.74, 6) is -1.33. The molecule has 7 nitrogen and oxygen atoms in total. The smallest absolute Gasteiger partial charge is 0.280 e. The predicted molar refractivity (Wildman–Crippen MR) is 94.4 cm³/mol. The molecule has 0 aliphatic carbocycles. The van der Waals surface area contributed by atoms with Crippen LogP contribution in [0.2, 0.25) is 0 Å². The van der Waals surface area contributed by atoms with Gasteiger partial charge in [-0.2, -0.15) is 0 Å². The molecule has 3 aromatic rings. The average molecular weight is 348 g/mol.